The Morgan fingerprint density at radius 1 is 1.06 bits per heavy atom. The van der Waals surface area contributed by atoms with E-state index in [1.165, 1.54) is 0 Å². The molecule has 5 rings (SSSR count). The molecule has 2 atom stereocenters. The van der Waals surface area contributed by atoms with Crippen LogP contribution in [0, 0.1) is 12.8 Å². The quantitative estimate of drug-likeness (QED) is 0.677. The van der Waals surface area contributed by atoms with Gasteiger partial charge in [-0.1, -0.05) is 0 Å². The number of rotatable bonds is 4. The maximum absolute atomic E-state index is 10.9. The highest BCUT2D eigenvalue weighted by Crippen LogP contribution is 2.33. The third-order valence-electron chi connectivity index (χ3n) is 6.21. The first-order valence-electron chi connectivity index (χ1n) is 10.9. The Morgan fingerprint density at radius 2 is 1.94 bits per heavy atom. The molecular formula is C22H27N7O2. The van der Waals surface area contributed by atoms with E-state index in [1.807, 2.05) is 13.0 Å². The van der Waals surface area contributed by atoms with Crippen LogP contribution in [0.1, 0.15) is 30.2 Å². The molecule has 3 aromatic rings. The molecule has 1 aromatic carbocycles. The Labute approximate surface area is 181 Å². The van der Waals surface area contributed by atoms with Crippen molar-refractivity contribution >= 4 is 22.4 Å². The molecule has 0 unspecified atom stereocenters. The smallest absolute Gasteiger partial charge is 0.162 e. The number of aryl methyl sites for hydroxylation is 1. The molecule has 0 radical (unpaired) electrons. The van der Waals surface area contributed by atoms with Gasteiger partial charge >= 0.3 is 0 Å². The van der Waals surface area contributed by atoms with E-state index in [2.05, 4.69) is 53.6 Å². The van der Waals surface area contributed by atoms with Gasteiger partial charge in [-0.25, -0.2) is 0 Å². The topological polar surface area (TPSA) is 100 Å². The summed E-state index contributed by atoms with van der Waals surface area (Å²) in [5.41, 5.74) is 3.60. The maximum atomic E-state index is 10.9. The lowest BCUT2D eigenvalue weighted by molar-refractivity contribution is 0.0931. The first-order chi connectivity index (χ1) is 15.2. The van der Waals surface area contributed by atoms with Crippen LogP contribution in [0.5, 0.6) is 0 Å². The SMILES string of the molecule is Cc1cnnc([C@@H](O)[C@H]2CCCN(c3nnnc4cc(N5CCOCC5)ccc34)C2)c1. The molecular weight excluding hydrogens is 394 g/mol. The number of aromatic nitrogens is 5. The minimum Gasteiger partial charge on any atom is -0.386 e. The predicted molar refractivity (Wildman–Crippen MR) is 117 cm³/mol. The minimum absolute atomic E-state index is 0.0579. The summed E-state index contributed by atoms with van der Waals surface area (Å²) in [4.78, 5) is 4.52. The third kappa shape index (κ3) is 4.15. The maximum Gasteiger partial charge on any atom is 0.162 e. The minimum atomic E-state index is -0.649. The van der Waals surface area contributed by atoms with Crippen molar-refractivity contribution in [2.24, 2.45) is 5.92 Å². The van der Waals surface area contributed by atoms with Crippen LogP contribution in [-0.4, -0.2) is 70.1 Å². The fourth-order valence-corrected chi connectivity index (χ4v) is 4.54. The van der Waals surface area contributed by atoms with Crippen molar-refractivity contribution < 1.29 is 9.84 Å². The molecule has 2 aromatic heterocycles. The van der Waals surface area contributed by atoms with Crippen LogP contribution in [0.4, 0.5) is 11.5 Å². The Bertz CT molecular complexity index is 1060. The van der Waals surface area contributed by atoms with Gasteiger partial charge in [0.25, 0.3) is 0 Å². The molecule has 0 amide bonds. The van der Waals surface area contributed by atoms with Gasteiger partial charge < -0.3 is 19.6 Å². The molecule has 0 aliphatic carbocycles. The van der Waals surface area contributed by atoms with E-state index in [1.54, 1.807) is 6.20 Å². The second-order valence-electron chi connectivity index (χ2n) is 8.36. The van der Waals surface area contributed by atoms with Crippen LogP contribution in [0.25, 0.3) is 10.9 Å². The molecule has 2 aliphatic rings. The van der Waals surface area contributed by atoms with E-state index in [9.17, 15) is 5.11 Å². The number of ether oxygens (including phenoxy) is 1. The van der Waals surface area contributed by atoms with E-state index in [0.29, 0.717) is 12.2 Å². The summed E-state index contributed by atoms with van der Waals surface area (Å²) in [6, 6.07) is 8.20. The third-order valence-corrected chi connectivity index (χ3v) is 6.21. The molecule has 2 aliphatic heterocycles. The summed E-state index contributed by atoms with van der Waals surface area (Å²) in [7, 11) is 0. The summed E-state index contributed by atoms with van der Waals surface area (Å²) in [5, 5.41) is 32.8. The van der Waals surface area contributed by atoms with Crippen LogP contribution in [0.2, 0.25) is 0 Å². The molecule has 2 fully saturated rings. The van der Waals surface area contributed by atoms with Gasteiger partial charge in [0.05, 0.1) is 25.1 Å². The number of piperidine rings is 1. The number of morpholine rings is 1. The summed E-state index contributed by atoms with van der Waals surface area (Å²) < 4.78 is 5.46. The normalized spacial score (nSPS) is 20.8. The van der Waals surface area contributed by atoms with Crippen molar-refractivity contribution in [2.45, 2.75) is 25.9 Å². The van der Waals surface area contributed by atoms with Gasteiger partial charge in [-0.2, -0.15) is 10.2 Å². The van der Waals surface area contributed by atoms with Gasteiger partial charge in [0.2, 0.25) is 0 Å². The lowest BCUT2D eigenvalue weighted by Crippen LogP contribution is -2.39. The zero-order valence-electron chi connectivity index (χ0n) is 17.7. The number of aliphatic hydroxyl groups is 1. The van der Waals surface area contributed by atoms with Crippen molar-refractivity contribution in [3.8, 4) is 0 Å². The highest BCUT2D eigenvalue weighted by atomic mass is 16.5. The fraction of sp³-hybridized carbons (Fsp3) is 0.500. The van der Waals surface area contributed by atoms with Gasteiger partial charge in [-0.05, 0) is 54.8 Å². The molecule has 2 saturated heterocycles. The van der Waals surface area contributed by atoms with Crippen LogP contribution in [0.15, 0.2) is 30.5 Å². The van der Waals surface area contributed by atoms with Crippen molar-refractivity contribution in [1.29, 1.82) is 0 Å². The lowest BCUT2D eigenvalue weighted by atomic mass is 9.90. The van der Waals surface area contributed by atoms with Gasteiger partial charge in [0, 0.05) is 43.2 Å². The number of hydrogen-bond acceptors (Lipinski definition) is 9. The standard InChI is InChI=1S/C22H27N7O2/c1-15-11-20(24-23-13-15)21(30)16-3-2-6-29(14-16)22-18-5-4-17(12-19(18)25-27-26-22)28-7-9-31-10-8-28/h4-5,11-13,16,21,30H,2-3,6-10,14H2,1H3/t16-,21-/m0/s1. The van der Waals surface area contributed by atoms with Crippen molar-refractivity contribution in [3.63, 3.8) is 0 Å². The highest BCUT2D eigenvalue weighted by molar-refractivity contribution is 5.91. The fourth-order valence-electron chi connectivity index (χ4n) is 4.54. The zero-order chi connectivity index (χ0) is 21.2. The Kier molecular flexibility index (Phi) is 5.61. The van der Waals surface area contributed by atoms with Crippen molar-refractivity contribution in [2.75, 3.05) is 49.2 Å². The number of hydrogen-bond donors (Lipinski definition) is 1. The largest absolute Gasteiger partial charge is 0.386 e. The van der Waals surface area contributed by atoms with Crippen molar-refractivity contribution in [1.82, 2.24) is 25.6 Å². The Morgan fingerprint density at radius 3 is 2.77 bits per heavy atom. The summed E-state index contributed by atoms with van der Waals surface area (Å²) in [6.45, 7) is 6.77. The van der Waals surface area contributed by atoms with E-state index in [4.69, 9.17) is 4.74 Å². The first kappa shape index (κ1) is 20.0. The Balaban J connectivity index is 1.39. The van der Waals surface area contributed by atoms with E-state index in [-0.39, 0.29) is 5.92 Å². The molecule has 0 bridgehead atoms. The van der Waals surface area contributed by atoms with E-state index < -0.39 is 6.10 Å². The van der Waals surface area contributed by atoms with E-state index >= 15 is 0 Å². The summed E-state index contributed by atoms with van der Waals surface area (Å²) in [6.07, 6.45) is 2.96. The number of anilines is 2. The average molecular weight is 422 g/mol. The Hall–Kier alpha value is -2.91. The number of fused-ring (bicyclic) bond motifs is 1. The second kappa shape index (κ2) is 8.68. The summed E-state index contributed by atoms with van der Waals surface area (Å²) in [5.74, 6) is 0.883. The molecule has 1 N–H and O–H groups in total. The van der Waals surface area contributed by atoms with Gasteiger partial charge in [0.15, 0.2) is 5.82 Å². The van der Waals surface area contributed by atoms with Gasteiger partial charge in [-0.15, -0.1) is 10.2 Å². The van der Waals surface area contributed by atoms with Crippen LogP contribution in [0.3, 0.4) is 0 Å². The van der Waals surface area contributed by atoms with Crippen LogP contribution < -0.4 is 9.80 Å². The predicted octanol–water partition coefficient (Wildman–Crippen LogP) is 1.91. The molecule has 4 heterocycles. The molecule has 31 heavy (non-hydrogen) atoms. The monoisotopic (exact) mass is 421 g/mol. The second-order valence-corrected chi connectivity index (χ2v) is 8.36. The molecule has 9 heteroatoms. The van der Waals surface area contributed by atoms with Gasteiger partial charge in [0.1, 0.15) is 11.6 Å². The molecule has 9 nitrogen and oxygen atoms in total. The number of aliphatic hydroxyl groups excluding tert-OH is 1. The summed E-state index contributed by atoms with van der Waals surface area (Å²) >= 11 is 0. The number of nitrogens with zero attached hydrogens (tertiary/aromatic N) is 7. The average Bonchev–Trinajstić information content (AvgIpc) is 2.83. The number of benzene rings is 1. The molecule has 0 saturated carbocycles. The first-order valence-corrected chi connectivity index (χ1v) is 10.9. The zero-order valence-corrected chi connectivity index (χ0v) is 17.7. The van der Waals surface area contributed by atoms with Crippen LogP contribution >= 0.6 is 0 Å². The highest BCUT2D eigenvalue weighted by Gasteiger charge is 2.30. The van der Waals surface area contributed by atoms with Crippen LogP contribution in [-0.2, 0) is 4.74 Å². The van der Waals surface area contributed by atoms with Crippen molar-refractivity contribution in [3.05, 3.63) is 41.7 Å². The molecule has 162 valence electrons. The van der Waals surface area contributed by atoms with Gasteiger partial charge in [-0.3, -0.25) is 0 Å². The lowest BCUT2D eigenvalue weighted by Gasteiger charge is -2.35. The molecule has 0 spiro atoms. The van der Waals surface area contributed by atoms with E-state index in [0.717, 1.165) is 73.7 Å².